The summed E-state index contributed by atoms with van der Waals surface area (Å²) < 4.78 is 38.3. The average Bonchev–Trinajstić information content (AvgIpc) is 2.42. The molecule has 8 heteroatoms. The lowest BCUT2D eigenvalue weighted by Gasteiger charge is -2.16. The maximum Gasteiger partial charge on any atom is 0.417 e. The molecule has 0 heterocycles. The molecular weight excluding hydrogens is 289 g/mol. The average molecular weight is 300 g/mol. The van der Waals surface area contributed by atoms with Crippen molar-refractivity contribution in [3.63, 3.8) is 0 Å². The van der Waals surface area contributed by atoms with Gasteiger partial charge in [0.05, 0.1) is 17.2 Å². The van der Waals surface area contributed by atoms with Crippen LogP contribution < -0.4 is 5.32 Å². The van der Waals surface area contributed by atoms with Crippen molar-refractivity contribution in [1.29, 1.82) is 5.26 Å². The molecular formula is C13H11F3N2O3. The van der Waals surface area contributed by atoms with Crippen LogP contribution in [-0.4, -0.2) is 23.0 Å². The Bertz CT molecular complexity index is 579. The molecule has 0 saturated heterocycles. The molecule has 0 aliphatic carbocycles. The van der Waals surface area contributed by atoms with Crippen LogP contribution in [0.1, 0.15) is 28.8 Å². The monoisotopic (exact) mass is 300 g/mol. The van der Waals surface area contributed by atoms with Crippen LogP contribution in [0, 0.1) is 11.3 Å². The predicted molar refractivity (Wildman–Crippen MR) is 65.2 cm³/mol. The smallest absolute Gasteiger partial charge is 0.417 e. The van der Waals surface area contributed by atoms with E-state index in [2.05, 4.69) is 0 Å². The van der Waals surface area contributed by atoms with Gasteiger partial charge in [0.1, 0.15) is 6.04 Å². The Balaban J connectivity index is 2.99. The van der Waals surface area contributed by atoms with Gasteiger partial charge >= 0.3 is 12.1 Å². The number of benzene rings is 1. The summed E-state index contributed by atoms with van der Waals surface area (Å²) in [5.41, 5.74) is -1.81. The second-order valence-corrected chi connectivity index (χ2v) is 4.10. The molecule has 2 N–H and O–H groups in total. The van der Waals surface area contributed by atoms with Crippen molar-refractivity contribution in [2.24, 2.45) is 0 Å². The standard InChI is InChI=1S/C13H11F3N2O3/c14-13(15,16)9-5-2-1-4-8(9)11(19)18-10(12(20)21)6-3-7-17/h1-2,4-5,10H,3,6H2,(H,18,19)(H,20,21)/t10-/m1/s1. The number of alkyl halides is 3. The van der Waals surface area contributed by atoms with Crippen molar-refractivity contribution in [2.45, 2.75) is 25.1 Å². The first-order valence-electron chi connectivity index (χ1n) is 5.84. The Morgan fingerprint density at radius 2 is 1.95 bits per heavy atom. The highest BCUT2D eigenvalue weighted by atomic mass is 19.4. The molecule has 1 aromatic carbocycles. The maximum absolute atomic E-state index is 12.8. The van der Waals surface area contributed by atoms with Crippen molar-refractivity contribution < 1.29 is 27.9 Å². The maximum atomic E-state index is 12.8. The molecule has 0 bridgehead atoms. The van der Waals surface area contributed by atoms with Crippen LogP contribution in [-0.2, 0) is 11.0 Å². The number of halogens is 3. The van der Waals surface area contributed by atoms with E-state index in [0.717, 1.165) is 18.2 Å². The van der Waals surface area contributed by atoms with E-state index in [9.17, 15) is 22.8 Å². The van der Waals surface area contributed by atoms with Gasteiger partial charge in [-0.25, -0.2) is 4.79 Å². The second kappa shape index (κ2) is 6.74. The molecule has 0 fully saturated rings. The Morgan fingerprint density at radius 1 is 1.33 bits per heavy atom. The summed E-state index contributed by atoms with van der Waals surface area (Å²) in [5, 5.41) is 19.3. The van der Waals surface area contributed by atoms with Crippen molar-refractivity contribution >= 4 is 11.9 Å². The van der Waals surface area contributed by atoms with Crippen LogP contribution in [0.5, 0.6) is 0 Å². The summed E-state index contributed by atoms with van der Waals surface area (Å²) in [4.78, 5) is 22.7. The zero-order chi connectivity index (χ0) is 16.0. The Morgan fingerprint density at radius 3 is 2.48 bits per heavy atom. The van der Waals surface area contributed by atoms with Crippen molar-refractivity contribution in [3.8, 4) is 6.07 Å². The van der Waals surface area contributed by atoms with Gasteiger partial charge in [0.2, 0.25) is 0 Å². The molecule has 5 nitrogen and oxygen atoms in total. The highest BCUT2D eigenvalue weighted by molar-refractivity contribution is 5.98. The Hall–Kier alpha value is -2.56. The number of amides is 1. The van der Waals surface area contributed by atoms with Gasteiger partial charge in [-0.2, -0.15) is 18.4 Å². The third-order valence-corrected chi connectivity index (χ3v) is 2.63. The minimum absolute atomic E-state index is 0.141. The largest absolute Gasteiger partial charge is 0.480 e. The van der Waals surface area contributed by atoms with E-state index < -0.39 is 35.2 Å². The van der Waals surface area contributed by atoms with Gasteiger partial charge in [-0.15, -0.1) is 0 Å². The molecule has 0 spiro atoms. The molecule has 0 aromatic heterocycles. The molecule has 21 heavy (non-hydrogen) atoms. The van der Waals surface area contributed by atoms with E-state index in [1.165, 1.54) is 6.07 Å². The van der Waals surface area contributed by atoms with Gasteiger partial charge in [-0.3, -0.25) is 4.79 Å². The fourth-order valence-corrected chi connectivity index (χ4v) is 1.63. The molecule has 1 rings (SSSR count). The van der Waals surface area contributed by atoms with E-state index in [1.54, 1.807) is 6.07 Å². The number of nitrogens with one attached hydrogen (secondary N) is 1. The summed E-state index contributed by atoms with van der Waals surface area (Å²) in [6.07, 6.45) is -5.05. The van der Waals surface area contributed by atoms with Gasteiger partial charge in [-0.1, -0.05) is 12.1 Å². The lowest BCUT2D eigenvalue weighted by Crippen LogP contribution is -2.41. The molecule has 1 atom stereocenters. The SMILES string of the molecule is N#CCC[C@@H](NC(=O)c1ccccc1C(F)(F)F)C(=O)O. The van der Waals surface area contributed by atoms with E-state index in [4.69, 9.17) is 10.4 Å². The first-order chi connectivity index (χ1) is 9.77. The minimum atomic E-state index is -4.72. The first kappa shape index (κ1) is 16.5. The number of hydrogen-bond donors (Lipinski definition) is 2. The third-order valence-electron chi connectivity index (χ3n) is 2.63. The number of nitriles is 1. The van der Waals surface area contributed by atoms with Crippen LogP contribution >= 0.6 is 0 Å². The van der Waals surface area contributed by atoms with E-state index in [0.29, 0.717) is 0 Å². The molecule has 0 aliphatic rings. The number of rotatable bonds is 5. The second-order valence-electron chi connectivity index (χ2n) is 4.10. The number of carbonyl (C=O) groups is 2. The summed E-state index contributed by atoms with van der Waals surface area (Å²) in [6.45, 7) is 0. The van der Waals surface area contributed by atoms with Crippen molar-refractivity contribution in [1.82, 2.24) is 5.32 Å². The summed E-state index contributed by atoms with van der Waals surface area (Å²) in [6, 6.07) is 4.36. The minimum Gasteiger partial charge on any atom is -0.480 e. The zero-order valence-corrected chi connectivity index (χ0v) is 10.6. The van der Waals surface area contributed by atoms with Crippen LogP contribution in [0.15, 0.2) is 24.3 Å². The highest BCUT2D eigenvalue weighted by Crippen LogP contribution is 2.31. The number of carboxylic acids is 1. The van der Waals surface area contributed by atoms with Crippen LogP contribution in [0.4, 0.5) is 13.2 Å². The molecule has 112 valence electrons. The zero-order valence-electron chi connectivity index (χ0n) is 10.6. The Kier molecular flexibility index (Phi) is 5.30. The van der Waals surface area contributed by atoms with Crippen LogP contribution in [0.3, 0.4) is 0 Å². The number of hydrogen-bond acceptors (Lipinski definition) is 3. The molecule has 1 amide bonds. The topological polar surface area (TPSA) is 90.2 Å². The lowest BCUT2D eigenvalue weighted by molar-refractivity contribution is -0.139. The van der Waals surface area contributed by atoms with Crippen LogP contribution in [0.25, 0.3) is 0 Å². The molecule has 0 saturated carbocycles. The molecule has 0 aliphatic heterocycles. The lowest BCUT2D eigenvalue weighted by atomic mass is 10.1. The summed E-state index contributed by atoms with van der Waals surface area (Å²) in [5.74, 6) is -2.56. The van der Waals surface area contributed by atoms with Gasteiger partial charge < -0.3 is 10.4 Å². The van der Waals surface area contributed by atoms with E-state index >= 15 is 0 Å². The van der Waals surface area contributed by atoms with Gasteiger partial charge in [0.25, 0.3) is 5.91 Å². The fourth-order valence-electron chi connectivity index (χ4n) is 1.63. The van der Waals surface area contributed by atoms with Gasteiger partial charge in [-0.05, 0) is 18.6 Å². The van der Waals surface area contributed by atoms with Crippen molar-refractivity contribution in [3.05, 3.63) is 35.4 Å². The van der Waals surface area contributed by atoms with E-state index in [1.807, 2.05) is 5.32 Å². The molecule has 0 unspecified atom stereocenters. The fraction of sp³-hybridized carbons (Fsp3) is 0.308. The molecule has 1 aromatic rings. The number of carboxylic acid groups (broad SMARTS) is 1. The summed E-state index contributed by atoms with van der Waals surface area (Å²) >= 11 is 0. The number of carbonyl (C=O) groups excluding carboxylic acids is 1. The van der Waals surface area contributed by atoms with Crippen LogP contribution in [0.2, 0.25) is 0 Å². The third kappa shape index (κ3) is 4.49. The summed E-state index contributed by atoms with van der Waals surface area (Å²) in [7, 11) is 0. The quantitative estimate of drug-likeness (QED) is 0.872. The highest BCUT2D eigenvalue weighted by Gasteiger charge is 2.35. The van der Waals surface area contributed by atoms with Crippen molar-refractivity contribution in [2.75, 3.05) is 0 Å². The van der Waals surface area contributed by atoms with E-state index in [-0.39, 0.29) is 12.8 Å². The predicted octanol–water partition coefficient (Wildman–Crippen LogP) is 2.19. The normalized spacial score (nSPS) is 12.3. The Labute approximate surface area is 118 Å². The first-order valence-corrected chi connectivity index (χ1v) is 5.84. The molecule has 0 radical (unpaired) electrons. The number of aliphatic carboxylic acids is 1. The van der Waals surface area contributed by atoms with Gasteiger partial charge in [0.15, 0.2) is 0 Å². The number of nitrogens with zero attached hydrogens (tertiary/aromatic N) is 1. The van der Waals surface area contributed by atoms with Gasteiger partial charge in [0, 0.05) is 6.42 Å².